The maximum absolute atomic E-state index is 11.7. The average Bonchev–Trinajstić information content (AvgIpc) is 2.35. The van der Waals surface area contributed by atoms with Crippen LogP contribution >= 0.6 is 11.8 Å². The standard InChI is InChI=1S/C12H15NO3S/c1-8(12(15)16)7-13-11(14)9-3-5-10(17-2)6-4-9/h3-6,8H,7H2,1-2H3,(H,13,14)(H,15,16). The van der Waals surface area contributed by atoms with Crippen LogP contribution in [0.2, 0.25) is 0 Å². The minimum atomic E-state index is -0.914. The summed E-state index contributed by atoms with van der Waals surface area (Å²) in [6.45, 7) is 1.69. The van der Waals surface area contributed by atoms with Crippen molar-refractivity contribution in [3.05, 3.63) is 29.8 Å². The molecular weight excluding hydrogens is 238 g/mol. The van der Waals surface area contributed by atoms with E-state index < -0.39 is 11.9 Å². The number of thioether (sulfide) groups is 1. The van der Waals surface area contributed by atoms with Gasteiger partial charge in [0.05, 0.1) is 5.92 Å². The lowest BCUT2D eigenvalue weighted by Gasteiger charge is -2.08. The van der Waals surface area contributed by atoms with Crippen molar-refractivity contribution in [2.75, 3.05) is 12.8 Å². The SMILES string of the molecule is CSc1ccc(C(=O)NCC(C)C(=O)O)cc1. The van der Waals surface area contributed by atoms with Gasteiger partial charge in [0, 0.05) is 17.0 Å². The molecule has 0 saturated carbocycles. The van der Waals surface area contributed by atoms with Gasteiger partial charge < -0.3 is 10.4 Å². The van der Waals surface area contributed by atoms with E-state index in [1.807, 2.05) is 18.4 Å². The molecule has 5 heteroatoms. The lowest BCUT2D eigenvalue weighted by Crippen LogP contribution is -2.31. The average molecular weight is 253 g/mol. The van der Waals surface area contributed by atoms with Crippen LogP contribution in [0.4, 0.5) is 0 Å². The van der Waals surface area contributed by atoms with Crippen molar-refractivity contribution in [3.8, 4) is 0 Å². The third kappa shape index (κ3) is 4.11. The summed E-state index contributed by atoms with van der Waals surface area (Å²) in [6, 6.07) is 7.18. The molecule has 0 saturated heterocycles. The molecule has 1 atom stereocenters. The van der Waals surface area contributed by atoms with E-state index in [1.165, 1.54) is 0 Å². The number of carbonyl (C=O) groups excluding carboxylic acids is 1. The molecule has 1 unspecified atom stereocenters. The van der Waals surface area contributed by atoms with Gasteiger partial charge in [-0.15, -0.1) is 11.8 Å². The van der Waals surface area contributed by atoms with Gasteiger partial charge in [0.1, 0.15) is 0 Å². The lowest BCUT2D eigenvalue weighted by atomic mass is 10.1. The van der Waals surface area contributed by atoms with Gasteiger partial charge in [-0.1, -0.05) is 6.92 Å². The van der Waals surface area contributed by atoms with E-state index in [4.69, 9.17) is 5.11 Å². The molecule has 1 rings (SSSR count). The maximum atomic E-state index is 11.7. The van der Waals surface area contributed by atoms with Gasteiger partial charge in [-0.05, 0) is 30.5 Å². The number of carboxylic acids is 1. The summed E-state index contributed by atoms with van der Waals surface area (Å²) < 4.78 is 0. The van der Waals surface area contributed by atoms with E-state index in [0.29, 0.717) is 5.56 Å². The van der Waals surface area contributed by atoms with Crippen molar-refractivity contribution in [2.24, 2.45) is 5.92 Å². The van der Waals surface area contributed by atoms with E-state index in [2.05, 4.69) is 5.32 Å². The molecule has 0 heterocycles. The van der Waals surface area contributed by atoms with Crippen molar-refractivity contribution < 1.29 is 14.7 Å². The van der Waals surface area contributed by atoms with Gasteiger partial charge in [0.2, 0.25) is 0 Å². The summed E-state index contributed by atoms with van der Waals surface area (Å²) in [6.07, 6.45) is 1.96. The molecule has 92 valence electrons. The quantitative estimate of drug-likeness (QED) is 0.786. The first-order valence-electron chi connectivity index (χ1n) is 5.19. The highest BCUT2D eigenvalue weighted by Gasteiger charge is 2.12. The predicted octanol–water partition coefficient (Wildman–Crippen LogP) is 1.86. The molecule has 0 fully saturated rings. The highest BCUT2D eigenvalue weighted by molar-refractivity contribution is 7.98. The van der Waals surface area contributed by atoms with Crippen LogP contribution in [0.5, 0.6) is 0 Å². The summed E-state index contributed by atoms with van der Waals surface area (Å²) >= 11 is 1.60. The van der Waals surface area contributed by atoms with Gasteiger partial charge >= 0.3 is 5.97 Å². The zero-order valence-corrected chi connectivity index (χ0v) is 10.6. The zero-order chi connectivity index (χ0) is 12.8. The Kier molecular flexibility index (Phi) is 5.03. The van der Waals surface area contributed by atoms with Crippen molar-refractivity contribution in [1.82, 2.24) is 5.32 Å². The molecule has 0 aliphatic heterocycles. The second kappa shape index (κ2) is 6.30. The van der Waals surface area contributed by atoms with Crippen LogP contribution in [-0.2, 0) is 4.79 Å². The Morgan fingerprint density at radius 3 is 2.41 bits per heavy atom. The first-order chi connectivity index (χ1) is 8.04. The van der Waals surface area contributed by atoms with Crippen molar-refractivity contribution in [2.45, 2.75) is 11.8 Å². The molecule has 0 aromatic heterocycles. The first-order valence-corrected chi connectivity index (χ1v) is 6.42. The Bertz CT molecular complexity index is 403. The summed E-state index contributed by atoms with van der Waals surface area (Å²) in [5, 5.41) is 11.3. The summed E-state index contributed by atoms with van der Waals surface area (Å²) in [4.78, 5) is 23.3. The van der Waals surface area contributed by atoms with Gasteiger partial charge in [0.25, 0.3) is 5.91 Å². The van der Waals surface area contributed by atoms with Crippen molar-refractivity contribution >= 4 is 23.6 Å². The third-order valence-corrected chi connectivity index (χ3v) is 3.09. The summed E-state index contributed by atoms with van der Waals surface area (Å²) in [5.74, 6) is -1.74. The topological polar surface area (TPSA) is 66.4 Å². The van der Waals surface area contributed by atoms with Crippen LogP contribution in [0.1, 0.15) is 17.3 Å². The number of carboxylic acid groups (broad SMARTS) is 1. The number of carbonyl (C=O) groups is 2. The number of hydrogen-bond acceptors (Lipinski definition) is 3. The van der Waals surface area contributed by atoms with Crippen molar-refractivity contribution in [1.29, 1.82) is 0 Å². The van der Waals surface area contributed by atoms with E-state index in [9.17, 15) is 9.59 Å². The monoisotopic (exact) mass is 253 g/mol. The van der Waals surface area contributed by atoms with E-state index in [-0.39, 0.29) is 12.5 Å². The lowest BCUT2D eigenvalue weighted by molar-refractivity contribution is -0.140. The van der Waals surface area contributed by atoms with E-state index >= 15 is 0 Å². The molecule has 17 heavy (non-hydrogen) atoms. The number of amides is 1. The Morgan fingerprint density at radius 2 is 1.94 bits per heavy atom. The Morgan fingerprint density at radius 1 is 1.35 bits per heavy atom. The van der Waals surface area contributed by atoms with Gasteiger partial charge in [0.15, 0.2) is 0 Å². The predicted molar refractivity (Wildman–Crippen MR) is 67.4 cm³/mol. The Hall–Kier alpha value is -1.49. The molecule has 1 aromatic carbocycles. The van der Waals surface area contributed by atoms with Crippen LogP contribution < -0.4 is 5.32 Å². The number of hydrogen-bond donors (Lipinski definition) is 2. The fourth-order valence-electron chi connectivity index (χ4n) is 1.18. The largest absolute Gasteiger partial charge is 0.481 e. The first kappa shape index (κ1) is 13.6. The Balaban J connectivity index is 2.55. The molecule has 0 spiro atoms. The molecule has 0 aliphatic rings. The van der Waals surface area contributed by atoms with Crippen LogP contribution in [0, 0.1) is 5.92 Å². The second-order valence-electron chi connectivity index (χ2n) is 3.68. The van der Waals surface area contributed by atoms with Gasteiger partial charge in [-0.25, -0.2) is 0 Å². The molecule has 0 radical (unpaired) electrons. The molecule has 1 aromatic rings. The van der Waals surface area contributed by atoms with Crippen LogP contribution in [0.3, 0.4) is 0 Å². The third-order valence-electron chi connectivity index (χ3n) is 2.34. The second-order valence-corrected chi connectivity index (χ2v) is 4.56. The minimum absolute atomic E-state index is 0.137. The maximum Gasteiger partial charge on any atom is 0.308 e. The number of nitrogens with one attached hydrogen (secondary N) is 1. The number of aliphatic carboxylic acids is 1. The fourth-order valence-corrected chi connectivity index (χ4v) is 1.59. The summed E-state index contributed by atoms with van der Waals surface area (Å²) in [7, 11) is 0. The van der Waals surface area contributed by atoms with Gasteiger partial charge in [-0.3, -0.25) is 9.59 Å². The molecule has 0 aliphatic carbocycles. The number of rotatable bonds is 5. The Labute approximate surface area is 104 Å². The molecule has 4 nitrogen and oxygen atoms in total. The van der Waals surface area contributed by atoms with Crippen LogP contribution in [0.25, 0.3) is 0 Å². The van der Waals surface area contributed by atoms with Crippen molar-refractivity contribution in [3.63, 3.8) is 0 Å². The summed E-state index contributed by atoms with van der Waals surface area (Å²) in [5.41, 5.74) is 0.542. The molecular formula is C12H15NO3S. The van der Waals surface area contributed by atoms with E-state index in [0.717, 1.165) is 4.90 Å². The fraction of sp³-hybridized carbons (Fsp3) is 0.333. The normalized spacial score (nSPS) is 11.9. The van der Waals surface area contributed by atoms with Crippen LogP contribution in [0.15, 0.2) is 29.2 Å². The van der Waals surface area contributed by atoms with Crippen LogP contribution in [-0.4, -0.2) is 29.8 Å². The number of benzene rings is 1. The molecule has 0 bridgehead atoms. The molecule has 1 amide bonds. The highest BCUT2D eigenvalue weighted by Crippen LogP contribution is 2.14. The van der Waals surface area contributed by atoms with E-state index in [1.54, 1.807) is 30.8 Å². The van der Waals surface area contributed by atoms with Gasteiger partial charge in [-0.2, -0.15) is 0 Å². The highest BCUT2D eigenvalue weighted by atomic mass is 32.2. The molecule has 2 N–H and O–H groups in total. The smallest absolute Gasteiger partial charge is 0.308 e. The zero-order valence-electron chi connectivity index (χ0n) is 9.77. The minimum Gasteiger partial charge on any atom is -0.481 e.